The van der Waals surface area contributed by atoms with E-state index < -0.39 is 17.4 Å². The van der Waals surface area contributed by atoms with Crippen molar-refractivity contribution < 1.29 is 19.1 Å². The van der Waals surface area contributed by atoms with Crippen LogP contribution in [0.15, 0.2) is 12.2 Å². The van der Waals surface area contributed by atoms with Crippen molar-refractivity contribution in [3.63, 3.8) is 0 Å². The molecule has 2 aliphatic rings. The summed E-state index contributed by atoms with van der Waals surface area (Å²) in [6.07, 6.45) is 4.24. The zero-order valence-corrected chi connectivity index (χ0v) is 13.4. The Morgan fingerprint density at radius 1 is 1.38 bits per heavy atom. The van der Waals surface area contributed by atoms with E-state index in [9.17, 15) is 9.59 Å². The zero-order valence-electron chi connectivity index (χ0n) is 13.4. The molecule has 1 fully saturated rings. The van der Waals surface area contributed by atoms with Gasteiger partial charge in [-0.25, -0.2) is 4.79 Å². The second-order valence-corrected chi connectivity index (χ2v) is 6.74. The fourth-order valence-electron chi connectivity index (χ4n) is 3.15. The normalized spacial score (nSPS) is 34.9. The molecule has 0 aromatic carbocycles. The van der Waals surface area contributed by atoms with Crippen LogP contribution in [0.4, 0.5) is 4.79 Å². The lowest BCUT2D eigenvalue weighted by Crippen LogP contribution is -2.61. The van der Waals surface area contributed by atoms with E-state index in [1.807, 2.05) is 26.0 Å². The summed E-state index contributed by atoms with van der Waals surface area (Å²) >= 11 is 0. The van der Waals surface area contributed by atoms with Gasteiger partial charge in [-0.1, -0.05) is 19.9 Å². The number of hydrogen-bond acceptors (Lipinski definition) is 4. The predicted molar refractivity (Wildman–Crippen MR) is 78.7 cm³/mol. The van der Waals surface area contributed by atoms with Gasteiger partial charge in [0.25, 0.3) is 0 Å². The lowest BCUT2D eigenvalue weighted by Gasteiger charge is -2.42. The van der Waals surface area contributed by atoms with Gasteiger partial charge in [0.05, 0.1) is 12.0 Å². The molecule has 0 radical (unpaired) electrons. The van der Waals surface area contributed by atoms with E-state index in [2.05, 4.69) is 5.32 Å². The molecular weight excluding hydrogens is 270 g/mol. The Kier molecular flexibility index (Phi) is 4.15. The highest BCUT2D eigenvalue weighted by Crippen LogP contribution is 2.42. The minimum Gasteiger partial charge on any atom is -0.444 e. The summed E-state index contributed by atoms with van der Waals surface area (Å²) in [6, 6.07) is 0. The highest BCUT2D eigenvalue weighted by molar-refractivity contribution is 5.88. The van der Waals surface area contributed by atoms with Gasteiger partial charge < -0.3 is 9.47 Å². The molecule has 2 rings (SSSR count). The van der Waals surface area contributed by atoms with Crippen molar-refractivity contribution in [2.75, 3.05) is 0 Å². The smallest absolute Gasteiger partial charge is 0.410 e. The molecule has 0 saturated carbocycles. The van der Waals surface area contributed by atoms with E-state index in [4.69, 9.17) is 9.47 Å². The van der Waals surface area contributed by atoms with Gasteiger partial charge >= 0.3 is 6.09 Å². The van der Waals surface area contributed by atoms with Crippen LogP contribution >= 0.6 is 0 Å². The molecule has 0 aromatic rings. The van der Waals surface area contributed by atoms with Crippen molar-refractivity contribution in [2.24, 2.45) is 11.8 Å². The second-order valence-electron chi connectivity index (χ2n) is 6.74. The van der Waals surface area contributed by atoms with E-state index >= 15 is 0 Å². The summed E-state index contributed by atoms with van der Waals surface area (Å²) < 4.78 is 11.3. The number of hydrogen-bond donors (Lipinski definition) is 1. The fraction of sp³-hybridized carbons (Fsp3) is 0.750. The second kappa shape index (κ2) is 5.44. The molecule has 118 valence electrons. The topological polar surface area (TPSA) is 64.6 Å². The van der Waals surface area contributed by atoms with Crippen LogP contribution in [0, 0.1) is 11.8 Å². The summed E-state index contributed by atoms with van der Waals surface area (Å²) in [5.41, 5.74) is -1.64. The van der Waals surface area contributed by atoms with Crippen LogP contribution in [0.1, 0.15) is 47.5 Å². The van der Waals surface area contributed by atoms with E-state index in [1.54, 1.807) is 20.8 Å². The number of carbonyl (C=O) groups excluding carboxylic acids is 2. The molecule has 2 heterocycles. The minimum absolute atomic E-state index is 0.123. The van der Waals surface area contributed by atoms with Crippen LogP contribution in [-0.2, 0) is 14.3 Å². The van der Waals surface area contributed by atoms with Crippen molar-refractivity contribution >= 4 is 11.9 Å². The number of rotatable bonds is 3. The number of alkyl carbamates (subject to hydrolysis) is 1. The first-order valence-corrected chi connectivity index (χ1v) is 7.64. The third-order valence-corrected chi connectivity index (χ3v) is 4.03. The molecule has 4 atom stereocenters. The van der Waals surface area contributed by atoms with Gasteiger partial charge in [0.2, 0.25) is 0 Å². The largest absolute Gasteiger partial charge is 0.444 e. The summed E-state index contributed by atoms with van der Waals surface area (Å²) in [7, 11) is 0. The Morgan fingerprint density at radius 2 is 2.05 bits per heavy atom. The average Bonchev–Trinajstić information content (AvgIpc) is 2.68. The Hall–Kier alpha value is -1.36. The Balaban J connectivity index is 2.20. The van der Waals surface area contributed by atoms with Gasteiger partial charge in [-0.15, -0.1) is 0 Å². The molecule has 1 amide bonds. The van der Waals surface area contributed by atoms with Gasteiger partial charge in [-0.2, -0.15) is 0 Å². The van der Waals surface area contributed by atoms with Crippen LogP contribution in [0.5, 0.6) is 0 Å². The molecule has 0 aromatic heterocycles. The number of ketones is 1. The Bertz CT molecular complexity index is 465. The van der Waals surface area contributed by atoms with Gasteiger partial charge in [-0.3, -0.25) is 10.1 Å². The Labute approximate surface area is 126 Å². The predicted octanol–water partition coefficient (Wildman–Crippen LogP) is 2.80. The molecule has 0 aliphatic carbocycles. The molecule has 0 spiro atoms. The maximum absolute atomic E-state index is 12.6. The first-order valence-electron chi connectivity index (χ1n) is 7.64. The number of fused-ring (bicyclic) bond motifs is 2. The summed E-state index contributed by atoms with van der Waals surface area (Å²) in [6.45, 7) is 9.32. The number of ether oxygens (including phenoxy) is 2. The van der Waals surface area contributed by atoms with Gasteiger partial charge in [0, 0.05) is 5.92 Å². The van der Waals surface area contributed by atoms with Crippen LogP contribution in [0.3, 0.4) is 0 Å². The third-order valence-electron chi connectivity index (χ3n) is 4.03. The van der Waals surface area contributed by atoms with Crippen LogP contribution in [0.25, 0.3) is 0 Å². The van der Waals surface area contributed by atoms with Crippen molar-refractivity contribution in [1.82, 2.24) is 5.32 Å². The molecule has 5 heteroatoms. The lowest BCUT2D eigenvalue weighted by atomic mass is 9.79. The van der Waals surface area contributed by atoms with Crippen molar-refractivity contribution in [3.8, 4) is 0 Å². The number of amides is 1. The van der Waals surface area contributed by atoms with Crippen molar-refractivity contribution in [3.05, 3.63) is 12.2 Å². The maximum atomic E-state index is 12.6. The highest BCUT2D eigenvalue weighted by atomic mass is 16.6. The summed E-state index contributed by atoms with van der Waals surface area (Å²) in [5, 5.41) is 2.77. The number of nitrogens with one attached hydrogen (secondary N) is 1. The molecule has 2 aliphatic heterocycles. The van der Waals surface area contributed by atoms with E-state index in [1.165, 1.54) is 0 Å². The molecule has 5 nitrogen and oxygen atoms in total. The van der Waals surface area contributed by atoms with E-state index in [0.29, 0.717) is 6.42 Å². The van der Waals surface area contributed by atoms with Crippen LogP contribution < -0.4 is 5.32 Å². The summed E-state index contributed by atoms with van der Waals surface area (Å²) in [5.74, 6) is -0.329. The minimum atomic E-state index is -1.05. The van der Waals surface area contributed by atoms with Gasteiger partial charge in [0.15, 0.2) is 5.72 Å². The molecular formula is C16H25NO4. The highest BCUT2D eigenvalue weighted by Gasteiger charge is 2.55. The standard InChI is InChI=1S/C16H25NO4/c1-6-10-12-8-9-16(20-12,11(7-2)13(10)18)17-14(19)21-15(3,4)5/h8-12H,6-7H2,1-5H3,(H,17,19)/t10-,11-,12+,16-/m0/s1. The molecule has 1 saturated heterocycles. The third kappa shape index (κ3) is 2.98. The molecule has 0 unspecified atom stereocenters. The molecule has 21 heavy (non-hydrogen) atoms. The van der Waals surface area contributed by atoms with Crippen LogP contribution in [-0.4, -0.2) is 29.3 Å². The fourth-order valence-corrected chi connectivity index (χ4v) is 3.15. The quantitative estimate of drug-likeness (QED) is 0.813. The first kappa shape index (κ1) is 16.0. The van der Waals surface area contributed by atoms with Gasteiger partial charge in [0.1, 0.15) is 11.4 Å². The van der Waals surface area contributed by atoms with E-state index in [-0.39, 0.29) is 23.7 Å². The maximum Gasteiger partial charge on any atom is 0.410 e. The molecule has 2 bridgehead atoms. The van der Waals surface area contributed by atoms with Crippen molar-refractivity contribution in [1.29, 1.82) is 0 Å². The average molecular weight is 295 g/mol. The van der Waals surface area contributed by atoms with Gasteiger partial charge in [-0.05, 0) is 39.7 Å². The number of Topliss-reactive ketones (excluding diaryl/α,β-unsaturated/α-hetero) is 1. The Morgan fingerprint density at radius 3 is 2.57 bits per heavy atom. The van der Waals surface area contributed by atoms with Crippen molar-refractivity contribution in [2.45, 2.75) is 64.9 Å². The lowest BCUT2D eigenvalue weighted by molar-refractivity contribution is -0.167. The first-order chi connectivity index (χ1) is 9.72. The molecule has 1 N–H and O–H groups in total. The zero-order chi connectivity index (χ0) is 15.8. The SMILES string of the molecule is CC[C@@H]1C(=O)[C@H](CC)[C@]2(NC(=O)OC(C)(C)C)C=C[C@H]1O2. The number of carbonyl (C=O) groups is 2. The van der Waals surface area contributed by atoms with E-state index in [0.717, 1.165) is 6.42 Å². The monoisotopic (exact) mass is 295 g/mol. The van der Waals surface area contributed by atoms with Crippen LogP contribution in [0.2, 0.25) is 0 Å². The summed E-state index contributed by atoms with van der Waals surface area (Å²) in [4.78, 5) is 24.7.